The molecular formula is C30H40N6O16. The number of amides is 1. The normalized spacial score (nSPS) is 26.4. The molecule has 2 N–H and O–H groups in total. The third kappa shape index (κ3) is 10.4. The molecule has 0 aromatic carbocycles. The first-order valence-electron chi connectivity index (χ1n) is 15.7. The van der Waals surface area contributed by atoms with Crippen LogP contribution in [0.15, 0.2) is 20.9 Å². The lowest BCUT2D eigenvalue weighted by Crippen LogP contribution is -2.69. The van der Waals surface area contributed by atoms with E-state index in [0.29, 0.717) is 0 Å². The van der Waals surface area contributed by atoms with Gasteiger partial charge >= 0.3 is 35.5 Å². The maximum absolute atomic E-state index is 13.6. The van der Waals surface area contributed by atoms with Gasteiger partial charge in [0, 0.05) is 57.7 Å². The van der Waals surface area contributed by atoms with Gasteiger partial charge in [-0.25, -0.2) is 9.59 Å². The van der Waals surface area contributed by atoms with E-state index in [2.05, 4.69) is 20.3 Å². The molecule has 22 nitrogen and oxygen atoms in total. The molecule has 2 aliphatic rings. The average molecular weight is 741 g/mol. The highest BCUT2D eigenvalue weighted by Crippen LogP contribution is 2.39. The number of aromatic nitrogens is 2. The minimum atomic E-state index is -2.57. The van der Waals surface area contributed by atoms with E-state index in [0.717, 1.165) is 46.3 Å². The summed E-state index contributed by atoms with van der Waals surface area (Å²) in [5.74, 6) is -8.05. The molecule has 0 spiro atoms. The van der Waals surface area contributed by atoms with E-state index in [-0.39, 0.29) is 12.0 Å². The van der Waals surface area contributed by atoms with Crippen molar-refractivity contribution in [3.8, 4) is 0 Å². The molecule has 0 radical (unpaired) electrons. The highest BCUT2D eigenvalue weighted by atomic mass is 16.7. The predicted molar refractivity (Wildman–Crippen MR) is 169 cm³/mol. The van der Waals surface area contributed by atoms with E-state index in [1.54, 1.807) is 0 Å². The van der Waals surface area contributed by atoms with Gasteiger partial charge in [0.05, 0.1) is 38.3 Å². The Bertz CT molecular complexity index is 1700. The number of aryl methyl sites for hydroxylation is 1. The number of carbonyl (C=O) groups excluding carboxylic acids is 6. The molecule has 0 bridgehead atoms. The van der Waals surface area contributed by atoms with E-state index >= 15 is 0 Å². The highest BCUT2D eigenvalue weighted by molar-refractivity contribution is 5.79. The number of ether oxygens (including phenoxy) is 8. The van der Waals surface area contributed by atoms with Crippen molar-refractivity contribution in [2.45, 2.75) is 109 Å². The quantitative estimate of drug-likeness (QED) is 0.0787. The Hall–Kier alpha value is -5.31. The number of hydrogen-bond acceptors (Lipinski definition) is 17. The second-order valence-corrected chi connectivity index (χ2v) is 11.9. The molecule has 0 unspecified atom stereocenters. The van der Waals surface area contributed by atoms with Crippen LogP contribution in [0.2, 0.25) is 0 Å². The van der Waals surface area contributed by atoms with Gasteiger partial charge in [0.1, 0.15) is 25.0 Å². The monoisotopic (exact) mass is 740 g/mol. The lowest BCUT2D eigenvalue weighted by molar-refractivity contribution is -0.318. The molecule has 3 rings (SSSR count). The van der Waals surface area contributed by atoms with Crippen LogP contribution in [0.4, 0.5) is 0 Å². The van der Waals surface area contributed by atoms with Gasteiger partial charge in [0.15, 0.2) is 12.2 Å². The zero-order chi connectivity index (χ0) is 38.9. The zero-order valence-corrected chi connectivity index (χ0v) is 29.3. The van der Waals surface area contributed by atoms with Crippen molar-refractivity contribution >= 4 is 35.8 Å². The first kappa shape index (κ1) is 41.1. The number of carbonyl (C=O) groups is 6. The average Bonchev–Trinajstić information content (AvgIpc) is 3.45. The smallest absolute Gasteiger partial charge is 0.366 e. The second-order valence-electron chi connectivity index (χ2n) is 11.9. The van der Waals surface area contributed by atoms with Gasteiger partial charge in [-0.2, -0.15) is 0 Å². The van der Waals surface area contributed by atoms with E-state index in [9.17, 15) is 43.9 Å². The van der Waals surface area contributed by atoms with Gasteiger partial charge in [-0.05, 0) is 12.5 Å². The summed E-state index contributed by atoms with van der Waals surface area (Å²) in [7, 11) is 0.980. The summed E-state index contributed by atoms with van der Waals surface area (Å²) in [4.78, 5) is 104. The topological polar surface area (TPSA) is 292 Å². The Morgan fingerprint density at radius 3 is 2.31 bits per heavy atom. The van der Waals surface area contributed by atoms with Crippen LogP contribution < -0.4 is 16.6 Å². The van der Waals surface area contributed by atoms with Crippen molar-refractivity contribution in [2.75, 3.05) is 20.3 Å². The SMILES string of the molecule is COC(=O)[C@@]1(OC[C@H]2O[C@@H](n3cc(C)c(=O)[nH]c3=O)C[C@@H]2N=[N+]=[N-])C[C@H](OC(C)=O)[C@@H](NC(C)=O)[C@H]([C@H](OC(C)=O)[C@@H](COC(C)=O)OC(C)=O)O1. The van der Waals surface area contributed by atoms with Crippen molar-refractivity contribution in [3.63, 3.8) is 0 Å². The van der Waals surface area contributed by atoms with E-state index in [4.69, 9.17) is 37.9 Å². The van der Waals surface area contributed by atoms with E-state index < -0.39 is 121 Å². The molecule has 1 aromatic rings. The number of H-pyrrole nitrogens is 1. The molecule has 2 fully saturated rings. The summed E-state index contributed by atoms with van der Waals surface area (Å²) in [5.41, 5.74) is 8.02. The third-order valence-corrected chi connectivity index (χ3v) is 7.84. The molecule has 286 valence electrons. The fourth-order valence-electron chi connectivity index (χ4n) is 5.79. The molecule has 22 heteroatoms. The minimum absolute atomic E-state index is 0.0758. The van der Waals surface area contributed by atoms with Gasteiger partial charge < -0.3 is 43.2 Å². The van der Waals surface area contributed by atoms with Crippen molar-refractivity contribution in [1.82, 2.24) is 14.9 Å². The van der Waals surface area contributed by atoms with Gasteiger partial charge in [-0.15, -0.1) is 0 Å². The van der Waals surface area contributed by atoms with Gasteiger partial charge in [-0.3, -0.25) is 38.3 Å². The summed E-state index contributed by atoms with van der Waals surface area (Å²) >= 11 is 0. The minimum Gasteiger partial charge on any atom is -0.465 e. The van der Waals surface area contributed by atoms with Crippen LogP contribution >= 0.6 is 0 Å². The number of nitrogens with one attached hydrogen (secondary N) is 2. The largest absolute Gasteiger partial charge is 0.465 e. The lowest BCUT2D eigenvalue weighted by Gasteiger charge is -2.48. The first-order valence-corrected chi connectivity index (χ1v) is 15.7. The van der Waals surface area contributed by atoms with Crippen LogP contribution in [0.5, 0.6) is 0 Å². The Kier molecular flexibility index (Phi) is 14.0. The van der Waals surface area contributed by atoms with Crippen molar-refractivity contribution in [1.29, 1.82) is 0 Å². The summed E-state index contributed by atoms with van der Waals surface area (Å²) in [6, 6.07) is -2.44. The van der Waals surface area contributed by atoms with Gasteiger partial charge in [0.2, 0.25) is 5.91 Å². The van der Waals surface area contributed by atoms with Crippen LogP contribution in [0, 0.1) is 6.92 Å². The number of nitrogens with zero attached hydrogens (tertiary/aromatic N) is 4. The summed E-state index contributed by atoms with van der Waals surface area (Å²) in [5, 5.41) is 6.27. The number of esters is 5. The molecule has 2 aliphatic heterocycles. The molecule has 9 atom stereocenters. The van der Waals surface area contributed by atoms with E-state index in [1.807, 2.05) is 0 Å². The summed E-state index contributed by atoms with van der Waals surface area (Å²) in [6.07, 6.45) is -8.38. The standard InChI is InChI=1S/C30H40N6O16/c1-13-10-36(29(44)33-27(13)42)23-8-19(34-35-31)21(51-23)12-47-30(28(43)45-7)9-20(48-16(4)39)24(32-14(2)37)26(52-30)25(50-18(6)41)22(49-17(5)40)11-46-15(3)38/h10,19-26H,8-9,11-12H2,1-7H3,(H,32,37)(H,33,42,44)/t19-,20-,21+,22+,23+,24+,25+,26+,30+/m0/s1. The molecule has 52 heavy (non-hydrogen) atoms. The fourth-order valence-corrected chi connectivity index (χ4v) is 5.79. The fraction of sp³-hybridized carbons (Fsp3) is 0.667. The number of aromatic amines is 1. The molecule has 1 amide bonds. The maximum atomic E-state index is 13.6. The summed E-state index contributed by atoms with van der Waals surface area (Å²) < 4.78 is 45.8. The van der Waals surface area contributed by atoms with Crippen LogP contribution in [0.3, 0.4) is 0 Å². The molecule has 0 saturated carbocycles. The summed E-state index contributed by atoms with van der Waals surface area (Å²) in [6.45, 7) is 5.37. The second kappa shape index (κ2) is 17.8. The third-order valence-electron chi connectivity index (χ3n) is 7.84. The van der Waals surface area contributed by atoms with E-state index in [1.165, 1.54) is 13.1 Å². The number of azide groups is 1. The maximum Gasteiger partial charge on any atom is 0.366 e. The van der Waals surface area contributed by atoms with Crippen molar-refractivity contribution in [2.24, 2.45) is 5.11 Å². The van der Waals surface area contributed by atoms with Crippen LogP contribution in [0.1, 0.15) is 59.3 Å². The molecule has 2 saturated heterocycles. The van der Waals surface area contributed by atoms with Crippen LogP contribution in [0.25, 0.3) is 10.4 Å². The Morgan fingerprint density at radius 2 is 1.75 bits per heavy atom. The van der Waals surface area contributed by atoms with Crippen LogP contribution in [-0.2, 0) is 66.7 Å². The highest BCUT2D eigenvalue weighted by Gasteiger charge is 2.59. The van der Waals surface area contributed by atoms with Gasteiger partial charge in [0.25, 0.3) is 11.3 Å². The molecule has 3 heterocycles. The zero-order valence-electron chi connectivity index (χ0n) is 29.3. The lowest BCUT2D eigenvalue weighted by atomic mass is 9.88. The molecule has 0 aliphatic carbocycles. The Labute approximate surface area is 294 Å². The first-order chi connectivity index (χ1) is 24.4. The van der Waals surface area contributed by atoms with Crippen molar-refractivity contribution < 1.29 is 66.7 Å². The molecular weight excluding hydrogens is 700 g/mol. The predicted octanol–water partition coefficient (Wildman–Crippen LogP) is -0.651. The van der Waals surface area contributed by atoms with Gasteiger partial charge in [-0.1, -0.05) is 5.11 Å². The number of methoxy groups -OCH3 is 1. The molecule has 1 aromatic heterocycles. The van der Waals surface area contributed by atoms with Crippen LogP contribution in [-0.4, -0.2) is 114 Å². The van der Waals surface area contributed by atoms with Crippen molar-refractivity contribution in [3.05, 3.63) is 43.0 Å². The Balaban J connectivity index is 2.14. The number of rotatable bonds is 14. The Morgan fingerprint density at radius 1 is 1.08 bits per heavy atom. The number of hydrogen-bond donors (Lipinski definition) is 2.